The van der Waals surface area contributed by atoms with Gasteiger partial charge in [-0.05, 0) is 51.7 Å². The molecule has 12 rings (SSSR count). The van der Waals surface area contributed by atoms with Crippen LogP contribution in [0.25, 0.3) is 82.3 Å². The number of benzene rings is 8. The van der Waals surface area contributed by atoms with Gasteiger partial charge in [-0.1, -0.05) is 152 Å². The molecule has 2 aliphatic rings. The zero-order valence-electron chi connectivity index (χ0n) is 29.2. The van der Waals surface area contributed by atoms with Crippen molar-refractivity contribution in [2.45, 2.75) is 12.5 Å². The Bertz CT molecular complexity index is 3170. The predicted molar refractivity (Wildman–Crippen MR) is 223 cm³/mol. The predicted octanol–water partition coefficient (Wildman–Crippen LogP) is 11.5. The molecule has 10 aromatic rings. The van der Waals surface area contributed by atoms with Crippen LogP contribution >= 0.6 is 0 Å². The number of hydrogen-bond donors (Lipinski definition) is 2. The van der Waals surface area contributed by atoms with Crippen LogP contribution in [0.4, 0.5) is 0 Å². The molecule has 54 heavy (non-hydrogen) atoms. The average molecular weight is 692 g/mol. The Kier molecular flexibility index (Phi) is 6.18. The van der Waals surface area contributed by atoms with Crippen molar-refractivity contribution in [1.82, 2.24) is 19.8 Å². The molecule has 5 nitrogen and oxygen atoms in total. The summed E-state index contributed by atoms with van der Waals surface area (Å²) in [6.07, 6.45) is -0.560. The number of nitrogens with one attached hydrogen (secondary N) is 2. The smallest absolute Gasteiger partial charge is 0.184 e. The van der Waals surface area contributed by atoms with E-state index >= 15 is 0 Å². The number of para-hydroxylation sites is 2. The molecule has 0 fully saturated rings. The van der Waals surface area contributed by atoms with Crippen molar-refractivity contribution in [3.8, 4) is 27.9 Å². The molecular weight excluding hydrogens is 659 g/mol. The van der Waals surface area contributed by atoms with Gasteiger partial charge in [-0.2, -0.15) is 0 Å². The molecule has 5 heteroatoms. The highest BCUT2D eigenvalue weighted by Crippen LogP contribution is 2.51. The van der Waals surface area contributed by atoms with Crippen LogP contribution in [0.2, 0.25) is 0 Å². The summed E-state index contributed by atoms with van der Waals surface area (Å²) in [6, 6.07) is 63.7. The fourth-order valence-electron chi connectivity index (χ4n) is 9.27. The first-order chi connectivity index (χ1) is 26.8. The van der Waals surface area contributed by atoms with Crippen LogP contribution in [0.3, 0.4) is 0 Å². The minimum Gasteiger partial charge on any atom is -0.350 e. The quantitative estimate of drug-likeness (QED) is 0.194. The van der Waals surface area contributed by atoms with Crippen molar-refractivity contribution in [2.24, 2.45) is 4.99 Å². The average Bonchev–Trinajstić information content (AvgIpc) is 3.73. The fraction of sp³-hybridized carbons (Fsp3) is 0.0408. The van der Waals surface area contributed by atoms with Crippen LogP contribution in [0, 0.1) is 0 Å². The molecule has 8 aromatic carbocycles. The van der Waals surface area contributed by atoms with E-state index in [0.717, 1.165) is 28.0 Å². The van der Waals surface area contributed by atoms with Crippen LogP contribution in [-0.4, -0.2) is 15.0 Å². The van der Waals surface area contributed by atoms with E-state index in [1.807, 2.05) is 0 Å². The van der Waals surface area contributed by atoms with Gasteiger partial charge in [0.15, 0.2) is 6.29 Å². The van der Waals surface area contributed by atoms with Crippen LogP contribution in [-0.2, 0) is 0 Å². The fourth-order valence-corrected chi connectivity index (χ4v) is 9.27. The zero-order valence-corrected chi connectivity index (χ0v) is 29.2. The highest BCUT2D eigenvalue weighted by atomic mass is 15.4. The van der Waals surface area contributed by atoms with Gasteiger partial charge in [0.25, 0.3) is 0 Å². The van der Waals surface area contributed by atoms with Gasteiger partial charge in [-0.3, -0.25) is 5.32 Å². The van der Waals surface area contributed by atoms with Gasteiger partial charge in [0, 0.05) is 38.2 Å². The molecule has 0 saturated heterocycles. The van der Waals surface area contributed by atoms with Crippen molar-refractivity contribution in [2.75, 3.05) is 0 Å². The van der Waals surface area contributed by atoms with Crippen molar-refractivity contribution in [3.05, 3.63) is 187 Å². The van der Waals surface area contributed by atoms with Gasteiger partial charge in [0.05, 0.1) is 27.8 Å². The number of fused-ring (bicyclic) bond motifs is 14. The molecule has 2 aliphatic heterocycles. The molecule has 2 atom stereocenters. The van der Waals surface area contributed by atoms with Gasteiger partial charge >= 0.3 is 0 Å². The lowest BCUT2D eigenvalue weighted by atomic mass is 9.90. The molecule has 0 radical (unpaired) electrons. The largest absolute Gasteiger partial charge is 0.350 e. The third-order valence-corrected chi connectivity index (χ3v) is 11.5. The Labute approximate surface area is 311 Å². The summed E-state index contributed by atoms with van der Waals surface area (Å²) in [5.74, 6) is 0.862. The Morgan fingerprint density at radius 1 is 0.481 bits per heavy atom. The van der Waals surface area contributed by atoms with E-state index in [1.165, 1.54) is 71.3 Å². The van der Waals surface area contributed by atoms with Crippen LogP contribution in [0.5, 0.6) is 0 Å². The second-order valence-electron chi connectivity index (χ2n) is 14.4. The minimum atomic E-state index is -0.400. The maximum Gasteiger partial charge on any atom is 0.184 e. The van der Waals surface area contributed by atoms with E-state index in [1.54, 1.807) is 0 Å². The first-order valence-corrected chi connectivity index (χ1v) is 18.6. The summed E-state index contributed by atoms with van der Waals surface area (Å²) in [5, 5.41) is 15.1. The first-order valence-electron chi connectivity index (χ1n) is 18.6. The SMILES string of the molecule is c1ccc(C2=NC(n3c4ccc5c(c4c4c6ccccc6ccc43)-c3ccccc3-c3cccc4c6ccccc6n-5c34)NC(c3ccccc3)N2)cc1. The van der Waals surface area contributed by atoms with E-state index in [-0.39, 0.29) is 6.17 Å². The summed E-state index contributed by atoms with van der Waals surface area (Å²) >= 11 is 0. The van der Waals surface area contributed by atoms with Crippen molar-refractivity contribution in [1.29, 1.82) is 0 Å². The van der Waals surface area contributed by atoms with Gasteiger partial charge < -0.3 is 14.5 Å². The second kappa shape index (κ2) is 11.3. The molecule has 0 aliphatic carbocycles. The van der Waals surface area contributed by atoms with E-state index < -0.39 is 6.29 Å². The third kappa shape index (κ3) is 4.10. The Hall–Kier alpha value is -6.95. The van der Waals surface area contributed by atoms with Crippen molar-refractivity contribution >= 4 is 60.2 Å². The summed E-state index contributed by atoms with van der Waals surface area (Å²) < 4.78 is 4.95. The number of aromatic nitrogens is 2. The van der Waals surface area contributed by atoms with E-state index in [2.05, 4.69) is 196 Å². The first kappa shape index (κ1) is 29.6. The molecule has 2 N–H and O–H groups in total. The number of hydrogen-bond acceptors (Lipinski definition) is 3. The normalized spacial score (nSPS) is 16.3. The van der Waals surface area contributed by atoms with Gasteiger partial charge in [0.2, 0.25) is 0 Å². The topological polar surface area (TPSA) is 46.3 Å². The molecule has 2 unspecified atom stereocenters. The van der Waals surface area contributed by atoms with E-state index in [4.69, 9.17) is 4.99 Å². The zero-order chi connectivity index (χ0) is 35.3. The minimum absolute atomic E-state index is 0.160. The molecule has 0 amide bonds. The standard InChI is InChI=1S/C49H33N5/c1-3-15-31(16-4-1)47-50-48(32-17-5-2-6-18-32)52-49(51-47)54-41-27-26-30-14-7-8-19-33(30)43(41)45-42(54)29-28-40-44(45)36-22-10-9-20-34(36)37-23-13-24-38-35-21-11-12-25-39(35)53(40)46(37)38/h1-29,47,49,51H,(H,50,52). The molecule has 0 spiro atoms. The second-order valence-corrected chi connectivity index (χ2v) is 14.4. The Morgan fingerprint density at radius 3 is 2.02 bits per heavy atom. The lowest BCUT2D eigenvalue weighted by Crippen LogP contribution is -2.46. The number of aliphatic imine (C=N–C) groups is 1. The van der Waals surface area contributed by atoms with Crippen LogP contribution in [0.15, 0.2) is 181 Å². The highest BCUT2D eigenvalue weighted by molar-refractivity contribution is 6.27. The van der Waals surface area contributed by atoms with Crippen LogP contribution in [0.1, 0.15) is 23.6 Å². The van der Waals surface area contributed by atoms with E-state index in [9.17, 15) is 0 Å². The summed E-state index contributed by atoms with van der Waals surface area (Å²) in [4.78, 5) is 5.47. The van der Waals surface area contributed by atoms with Crippen molar-refractivity contribution < 1.29 is 0 Å². The van der Waals surface area contributed by atoms with E-state index in [0.29, 0.717) is 0 Å². The maximum atomic E-state index is 5.47. The highest BCUT2D eigenvalue weighted by Gasteiger charge is 2.32. The van der Waals surface area contributed by atoms with Gasteiger partial charge in [-0.15, -0.1) is 0 Å². The van der Waals surface area contributed by atoms with Crippen LogP contribution < -0.4 is 10.6 Å². The summed E-state index contributed by atoms with van der Waals surface area (Å²) in [6.45, 7) is 0. The number of rotatable bonds is 3. The van der Waals surface area contributed by atoms with Gasteiger partial charge in [0.1, 0.15) is 12.0 Å². The molecule has 254 valence electrons. The molecule has 0 saturated carbocycles. The summed E-state index contributed by atoms with van der Waals surface area (Å²) in [5.41, 5.74) is 13.1. The van der Waals surface area contributed by atoms with Crippen molar-refractivity contribution in [3.63, 3.8) is 0 Å². The van der Waals surface area contributed by atoms with Gasteiger partial charge in [-0.25, -0.2) is 4.99 Å². The Morgan fingerprint density at radius 2 is 1.15 bits per heavy atom. The summed E-state index contributed by atoms with van der Waals surface area (Å²) in [7, 11) is 0. The lowest BCUT2D eigenvalue weighted by Gasteiger charge is -2.33. The molecular formula is C49H33N5. The molecule has 4 heterocycles. The Balaban J connectivity index is 1.24. The lowest BCUT2D eigenvalue weighted by molar-refractivity contribution is 0.341. The number of nitrogens with zero attached hydrogens (tertiary/aromatic N) is 3. The number of amidine groups is 1. The molecule has 2 aromatic heterocycles. The maximum absolute atomic E-state index is 5.47. The monoisotopic (exact) mass is 691 g/mol. The third-order valence-electron chi connectivity index (χ3n) is 11.5. The molecule has 0 bridgehead atoms.